The number of nitrogens with zero attached hydrogens (tertiary/aromatic N) is 3. The van der Waals surface area contributed by atoms with E-state index in [4.69, 9.17) is 5.11 Å². The first-order valence-corrected chi connectivity index (χ1v) is 7.01. The van der Waals surface area contributed by atoms with Gasteiger partial charge in [-0.3, -0.25) is 14.8 Å². The summed E-state index contributed by atoms with van der Waals surface area (Å²) in [6, 6.07) is 6.13. The van der Waals surface area contributed by atoms with Gasteiger partial charge in [-0.05, 0) is 38.1 Å². The quantitative estimate of drug-likeness (QED) is 0.916. The molecule has 0 saturated heterocycles. The predicted molar refractivity (Wildman–Crippen MR) is 81.7 cm³/mol. The van der Waals surface area contributed by atoms with E-state index in [0.717, 1.165) is 0 Å². The Balaban J connectivity index is 2.38. The van der Waals surface area contributed by atoms with Gasteiger partial charge >= 0.3 is 5.97 Å². The lowest BCUT2D eigenvalue weighted by Gasteiger charge is -2.18. The molecular weight excluding hydrogens is 282 g/mol. The highest BCUT2D eigenvalue weighted by molar-refractivity contribution is 5.95. The number of carbonyl (C=O) groups excluding carboxylic acids is 1. The molecule has 0 aliphatic carbocycles. The Labute approximate surface area is 128 Å². The van der Waals surface area contributed by atoms with Crippen molar-refractivity contribution in [3.63, 3.8) is 0 Å². The highest BCUT2D eigenvalue weighted by Crippen LogP contribution is 2.17. The maximum absolute atomic E-state index is 12.3. The Morgan fingerprint density at radius 2 is 1.50 bits per heavy atom. The molecule has 0 aromatic carbocycles. The van der Waals surface area contributed by atoms with Gasteiger partial charge in [-0.1, -0.05) is 0 Å². The number of rotatable bonds is 5. The minimum absolute atomic E-state index is 0.0805. The minimum Gasteiger partial charge on any atom is -0.478 e. The number of aromatic carboxylic acids is 1. The lowest BCUT2D eigenvalue weighted by atomic mass is 10.1. The molecule has 0 spiro atoms. The van der Waals surface area contributed by atoms with Crippen molar-refractivity contribution in [1.29, 1.82) is 0 Å². The monoisotopic (exact) mass is 299 g/mol. The van der Waals surface area contributed by atoms with Crippen LogP contribution in [0.5, 0.6) is 0 Å². The first kappa shape index (κ1) is 15.6. The van der Waals surface area contributed by atoms with Crippen LogP contribution in [0.1, 0.15) is 34.6 Å². The van der Waals surface area contributed by atoms with Crippen molar-refractivity contribution in [3.8, 4) is 11.4 Å². The van der Waals surface area contributed by atoms with Gasteiger partial charge in [-0.2, -0.15) is 0 Å². The van der Waals surface area contributed by atoms with Crippen LogP contribution >= 0.6 is 0 Å². The summed E-state index contributed by atoms with van der Waals surface area (Å²) in [7, 11) is 0. The second-order valence-corrected chi connectivity index (χ2v) is 4.64. The normalized spacial score (nSPS) is 10.3. The topological polar surface area (TPSA) is 83.4 Å². The molecule has 22 heavy (non-hydrogen) atoms. The molecule has 2 aromatic rings. The highest BCUT2D eigenvalue weighted by atomic mass is 16.4. The Morgan fingerprint density at radius 1 is 1.00 bits per heavy atom. The second kappa shape index (κ2) is 6.80. The zero-order valence-corrected chi connectivity index (χ0v) is 12.5. The van der Waals surface area contributed by atoms with E-state index >= 15 is 0 Å². The van der Waals surface area contributed by atoms with E-state index in [1.54, 1.807) is 17.0 Å². The summed E-state index contributed by atoms with van der Waals surface area (Å²) in [5.41, 5.74) is 1.54. The zero-order valence-electron chi connectivity index (χ0n) is 12.5. The van der Waals surface area contributed by atoms with E-state index in [1.807, 2.05) is 13.8 Å². The summed E-state index contributed by atoms with van der Waals surface area (Å²) in [6.45, 7) is 5.09. The fourth-order valence-electron chi connectivity index (χ4n) is 2.10. The van der Waals surface area contributed by atoms with Crippen molar-refractivity contribution in [2.75, 3.05) is 13.1 Å². The first-order valence-electron chi connectivity index (χ1n) is 7.01. The molecule has 0 atom stereocenters. The molecule has 2 heterocycles. The predicted octanol–water partition coefficient (Wildman–Crippen LogP) is 2.32. The summed E-state index contributed by atoms with van der Waals surface area (Å²) >= 11 is 0. The Kier molecular flexibility index (Phi) is 4.83. The molecule has 114 valence electrons. The third-order valence-electron chi connectivity index (χ3n) is 3.33. The van der Waals surface area contributed by atoms with Gasteiger partial charge in [0.15, 0.2) is 0 Å². The number of pyridine rings is 2. The largest absolute Gasteiger partial charge is 0.478 e. The molecule has 0 radical (unpaired) electrons. The molecule has 0 aliphatic heterocycles. The van der Waals surface area contributed by atoms with Crippen LogP contribution in [-0.4, -0.2) is 44.9 Å². The number of hydrogen-bond acceptors (Lipinski definition) is 4. The van der Waals surface area contributed by atoms with Crippen molar-refractivity contribution in [1.82, 2.24) is 14.9 Å². The Morgan fingerprint density at radius 3 is 2.00 bits per heavy atom. The molecule has 6 heteroatoms. The first-order chi connectivity index (χ1) is 10.6. The molecule has 6 nitrogen and oxygen atoms in total. The van der Waals surface area contributed by atoms with Crippen LogP contribution in [0.25, 0.3) is 11.4 Å². The average molecular weight is 299 g/mol. The average Bonchev–Trinajstić information content (AvgIpc) is 2.56. The summed E-state index contributed by atoms with van der Waals surface area (Å²) in [4.78, 5) is 33.4. The molecule has 2 rings (SSSR count). The number of aromatic nitrogens is 2. The van der Waals surface area contributed by atoms with E-state index in [1.165, 1.54) is 24.5 Å². The van der Waals surface area contributed by atoms with E-state index in [2.05, 4.69) is 9.97 Å². The van der Waals surface area contributed by atoms with Crippen LogP contribution in [0.4, 0.5) is 0 Å². The molecule has 1 N–H and O–H groups in total. The van der Waals surface area contributed by atoms with Crippen LogP contribution in [0.3, 0.4) is 0 Å². The van der Waals surface area contributed by atoms with Crippen LogP contribution in [-0.2, 0) is 0 Å². The molecule has 2 aromatic heterocycles. The van der Waals surface area contributed by atoms with Crippen LogP contribution in [0.15, 0.2) is 36.7 Å². The molecule has 0 saturated carbocycles. The van der Waals surface area contributed by atoms with E-state index in [-0.39, 0.29) is 11.5 Å². The van der Waals surface area contributed by atoms with Crippen LogP contribution in [0.2, 0.25) is 0 Å². The van der Waals surface area contributed by atoms with Crippen molar-refractivity contribution < 1.29 is 14.7 Å². The number of carbonyl (C=O) groups is 2. The van der Waals surface area contributed by atoms with Gasteiger partial charge in [0.2, 0.25) is 0 Å². The van der Waals surface area contributed by atoms with Crippen LogP contribution < -0.4 is 0 Å². The molecule has 0 fully saturated rings. The minimum atomic E-state index is -1.03. The molecule has 1 amide bonds. The summed E-state index contributed by atoms with van der Waals surface area (Å²) < 4.78 is 0. The molecule has 0 bridgehead atoms. The SMILES string of the molecule is CCN(CC)C(=O)c1ccnc(-c2cc(C(=O)O)ccn2)c1. The third kappa shape index (κ3) is 3.28. The number of carboxylic acid groups (broad SMARTS) is 1. The molecular formula is C16H17N3O3. The van der Waals surface area contributed by atoms with Crippen molar-refractivity contribution in [2.45, 2.75) is 13.8 Å². The Hall–Kier alpha value is -2.76. The molecule has 0 aliphatic rings. The van der Waals surface area contributed by atoms with E-state index < -0.39 is 5.97 Å². The van der Waals surface area contributed by atoms with E-state index in [9.17, 15) is 9.59 Å². The smallest absolute Gasteiger partial charge is 0.335 e. The van der Waals surface area contributed by atoms with Gasteiger partial charge in [0.25, 0.3) is 5.91 Å². The fourth-order valence-corrected chi connectivity index (χ4v) is 2.10. The lowest BCUT2D eigenvalue weighted by Crippen LogP contribution is -2.30. The van der Waals surface area contributed by atoms with Crippen molar-refractivity contribution in [3.05, 3.63) is 47.8 Å². The van der Waals surface area contributed by atoms with Crippen LogP contribution in [0, 0.1) is 0 Å². The highest BCUT2D eigenvalue weighted by Gasteiger charge is 2.14. The summed E-state index contributed by atoms with van der Waals surface area (Å²) in [5, 5.41) is 9.03. The number of carboxylic acids is 1. The van der Waals surface area contributed by atoms with Gasteiger partial charge in [0.05, 0.1) is 17.0 Å². The second-order valence-electron chi connectivity index (χ2n) is 4.64. The maximum Gasteiger partial charge on any atom is 0.335 e. The maximum atomic E-state index is 12.3. The zero-order chi connectivity index (χ0) is 16.1. The lowest BCUT2D eigenvalue weighted by molar-refractivity contribution is 0.0695. The van der Waals surface area contributed by atoms with Crippen molar-refractivity contribution in [2.24, 2.45) is 0 Å². The van der Waals surface area contributed by atoms with Gasteiger partial charge in [-0.15, -0.1) is 0 Å². The third-order valence-corrected chi connectivity index (χ3v) is 3.33. The van der Waals surface area contributed by atoms with Gasteiger partial charge < -0.3 is 10.0 Å². The van der Waals surface area contributed by atoms with Gasteiger partial charge in [-0.25, -0.2) is 4.79 Å². The molecule has 0 unspecified atom stereocenters. The standard InChI is InChI=1S/C16H17N3O3/c1-3-19(4-2)15(20)11-5-7-17-13(9-11)14-10-12(16(21)22)6-8-18-14/h5-10H,3-4H2,1-2H3,(H,21,22). The van der Waals surface area contributed by atoms with Gasteiger partial charge in [0, 0.05) is 31.0 Å². The fraction of sp³-hybridized carbons (Fsp3) is 0.250. The van der Waals surface area contributed by atoms with Crippen molar-refractivity contribution >= 4 is 11.9 Å². The van der Waals surface area contributed by atoms with Gasteiger partial charge in [0.1, 0.15) is 0 Å². The summed E-state index contributed by atoms with van der Waals surface area (Å²) in [6.07, 6.45) is 2.94. The summed E-state index contributed by atoms with van der Waals surface area (Å²) in [5.74, 6) is -1.11. The number of hydrogen-bond donors (Lipinski definition) is 1. The van der Waals surface area contributed by atoms with E-state index in [0.29, 0.717) is 30.0 Å². The Bertz CT molecular complexity index is 697. The number of amides is 1.